The lowest BCUT2D eigenvalue weighted by Gasteiger charge is -2.01. The monoisotopic (exact) mass is 368 g/mol. The molecule has 84 valence electrons. The fourth-order valence-electron chi connectivity index (χ4n) is 1.44. The van der Waals surface area contributed by atoms with Crippen molar-refractivity contribution in [1.82, 2.24) is 8.96 Å². The molecule has 0 fully saturated rings. The number of carbonyl (C=O) groups is 1. The van der Waals surface area contributed by atoms with Crippen molar-refractivity contribution in [3.8, 4) is 0 Å². The number of aromatic carboxylic acids is 1. The Kier molecular flexibility index (Phi) is 3.32. The highest BCUT2D eigenvalue weighted by Gasteiger charge is 2.17. The molecule has 0 aliphatic carbocycles. The van der Waals surface area contributed by atoms with Gasteiger partial charge in [-0.15, -0.1) is 0 Å². The van der Waals surface area contributed by atoms with Gasteiger partial charge in [0.1, 0.15) is 5.69 Å². The van der Waals surface area contributed by atoms with Gasteiger partial charge in [-0.25, -0.2) is 9.78 Å². The molecule has 0 saturated carbocycles. The molecule has 0 unspecified atom stereocenters. The third-order valence-corrected chi connectivity index (χ3v) is 4.10. The second kappa shape index (κ2) is 4.42. The van der Waals surface area contributed by atoms with E-state index < -0.39 is 5.97 Å². The first kappa shape index (κ1) is 12.0. The number of hydrogen-bond acceptors (Lipinski definition) is 3. The number of carboxylic acids is 1. The Balaban J connectivity index is 2.87. The SMILES string of the molecule is Cc1cc(Cl)c2cc(C(=O)O)n(SI)c2n1. The molecule has 4 nitrogen and oxygen atoms in total. The molecule has 1 N–H and O–H groups in total. The standard InChI is InChI=1S/C9H6ClIN2O2S/c1-4-2-6(10)5-3-7(9(14)15)13(16-11)8(5)12-4/h2-3H,1H3,(H,14,15). The van der Waals surface area contributed by atoms with E-state index in [0.29, 0.717) is 16.1 Å². The van der Waals surface area contributed by atoms with Crippen LogP contribution in [0.4, 0.5) is 0 Å². The van der Waals surface area contributed by atoms with Crippen LogP contribution in [0.1, 0.15) is 16.2 Å². The third-order valence-electron chi connectivity index (χ3n) is 2.10. The van der Waals surface area contributed by atoms with Crippen LogP contribution in [0.5, 0.6) is 0 Å². The second-order valence-corrected chi connectivity index (χ2v) is 5.27. The minimum atomic E-state index is -0.990. The number of aryl methyl sites for hydroxylation is 1. The average Bonchev–Trinajstić information content (AvgIpc) is 2.56. The Labute approximate surface area is 113 Å². The number of hydrogen-bond donors (Lipinski definition) is 1. The van der Waals surface area contributed by atoms with Crippen LogP contribution in [0, 0.1) is 6.92 Å². The molecule has 0 aliphatic rings. The van der Waals surface area contributed by atoms with Crippen LogP contribution in [0.3, 0.4) is 0 Å². The van der Waals surface area contributed by atoms with E-state index in [-0.39, 0.29) is 5.69 Å². The van der Waals surface area contributed by atoms with E-state index >= 15 is 0 Å². The second-order valence-electron chi connectivity index (χ2n) is 3.18. The first-order valence-electron chi connectivity index (χ1n) is 4.25. The normalized spacial score (nSPS) is 10.9. The van der Waals surface area contributed by atoms with Crippen LogP contribution in [-0.2, 0) is 0 Å². The van der Waals surface area contributed by atoms with Crippen molar-refractivity contribution in [2.24, 2.45) is 0 Å². The Hall–Kier alpha value is -0.470. The van der Waals surface area contributed by atoms with E-state index in [1.54, 1.807) is 10.0 Å². The van der Waals surface area contributed by atoms with Gasteiger partial charge in [0.05, 0.1) is 5.02 Å². The summed E-state index contributed by atoms with van der Waals surface area (Å²) >= 11 is 8.06. The molecule has 0 bridgehead atoms. The Morgan fingerprint density at radius 2 is 2.31 bits per heavy atom. The number of rotatable bonds is 2. The van der Waals surface area contributed by atoms with Crippen molar-refractivity contribution in [2.45, 2.75) is 6.92 Å². The first-order valence-corrected chi connectivity index (χ1v) is 7.95. The molecule has 2 rings (SSSR count). The van der Waals surface area contributed by atoms with Gasteiger partial charge in [-0.1, -0.05) is 11.6 Å². The number of aromatic nitrogens is 2. The van der Waals surface area contributed by atoms with Gasteiger partial charge in [0, 0.05) is 41.4 Å². The number of halogens is 2. The van der Waals surface area contributed by atoms with E-state index in [1.807, 2.05) is 28.1 Å². The zero-order chi connectivity index (χ0) is 11.9. The van der Waals surface area contributed by atoms with Gasteiger partial charge in [0.2, 0.25) is 0 Å². The smallest absolute Gasteiger partial charge is 0.353 e. The maximum absolute atomic E-state index is 11.0. The van der Waals surface area contributed by atoms with E-state index in [4.69, 9.17) is 16.7 Å². The number of nitrogens with zero attached hydrogens (tertiary/aromatic N) is 2. The molecule has 0 atom stereocenters. The molecule has 0 radical (unpaired) electrons. The van der Waals surface area contributed by atoms with Crippen molar-refractivity contribution >= 4 is 58.9 Å². The van der Waals surface area contributed by atoms with Gasteiger partial charge in [-0.05, 0) is 19.1 Å². The molecular weight excluding hydrogens is 363 g/mol. The zero-order valence-corrected chi connectivity index (χ0v) is 11.8. The van der Waals surface area contributed by atoms with E-state index in [9.17, 15) is 4.79 Å². The maximum atomic E-state index is 11.0. The fraction of sp³-hybridized carbons (Fsp3) is 0.111. The van der Waals surface area contributed by atoms with Crippen molar-refractivity contribution in [1.29, 1.82) is 0 Å². The Morgan fingerprint density at radius 3 is 2.88 bits per heavy atom. The first-order chi connectivity index (χ1) is 7.54. The van der Waals surface area contributed by atoms with Crippen molar-refractivity contribution in [3.63, 3.8) is 0 Å². The Bertz CT molecular complexity index is 584. The van der Waals surface area contributed by atoms with Crippen LogP contribution in [0.2, 0.25) is 5.02 Å². The predicted molar refractivity (Wildman–Crippen MR) is 73.4 cm³/mol. The van der Waals surface area contributed by atoms with Crippen LogP contribution in [0.15, 0.2) is 12.1 Å². The summed E-state index contributed by atoms with van der Waals surface area (Å²) in [6.45, 7) is 1.82. The predicted octanol–water partition coefficient (Wildman–Crippen LogP) is 3.54. The summed E-state index contributed by atoms with van der Waals surface area (Å²) in [5.41, 5.74) is 1.52. The molecule has 0 saturated heterocycles. The minimum absolute atomic E-state index is 0.175. The molecular formula is C9H6ClIN2O2S. The summed E-state index contributed by atoms with van der Waals surface area (Å²) < 4.78 is 1.55. The zero-order valence-electron chi connectivity index (χ0n) is 8.07. The molecule has 7 heteroatoms. The lowest BCUT2D eigenvalue weighted by molar-refractivity contribution is 0.0690. The van der Waals surface area contributed by atoms with E-state index in [1.165, 1.54) is 15.2 Å². The summed E-state index contributed by atoms with van der Waals surface area (Å²) in [6.07, 6.45) is 0. The van der Waals surface area contributed by atoms with Crippen LogP contribution in [0.25, 0.3) is 11.0 Å². The molecule has 0 spiro atoms. The minimum Gasteiger partial charge on any atom is -0.477 e. The van der Waals surface area contributed by atoms with Gasteiger partial charge in [-0.2, -0.15) is 0 Å². The molecule has 2 aromatic heterocycles. The fourth-order valence-corrected chi connectivity index (χ4v) is 3.35. The number of pyridine rings is 1. The van der Waals surface area contributed by atoms with Gasteiger partial charge in [0.15, 0.2) is 5.65 Å². The van der Waals surface area contributed by atoms with Gasteiger partial charge < -0.3 is 5.11 Å². The highest BCUT2D eigenvalue weighted by molar-refractivity contribution is 14.2. The molecule has 0 aliphatic heterocycles. The van der Waals surface area contributed by atoms with Crippen molar-refractivity contribution < 1.29 is 9.90 Å². The lowest BCUT2D eigenvalue weighted by Crippen LogP contribution is -2.02. The summed E-state index contributed by atoms with van der Waals surface area (Å²) in [4.78, 5) is 15.3. The molecule has 0 aromatic carbocycles. The number of carboxylic acid groups (broad SMARTS) is 1. The largest absolute Gasteiger partial charge is 0.477 e. The summed E-state index contributed by atoms with van der Waals surface area (Å²) in [5.74, 6) is -0.990. The van der Waals surface area contributed by atoms with Crippen molar-refractivity contribution in [2.75, 3.05) is 0 Å². The van der Waals surface area contributed by atoms with E-state index in [0.717, 1.165) is 5.69 Å². The molecule has 16 heavy (non-hydrogen) atoms. The summed E-state index contributed by atoms with van der Waals surface area (Å²) in [7, 11) is 1.26. The lowest BCUT2D eigenvalue weighted by atomic mass is 10.3. The highest BCUT2D eigenvalue weighted by atomic mass is 127. The molecule has 0 amide bonds. The van der Waals surface area contributed by atoms with Crippen molar-refractivity contribution in [3.05, 3.63) is 28.5 Å². The van der Waals surface area contributed by atoms with Gasteiger partial charge >= 0.3 is 5.97 Å². The quantitative estimate of drug-likeness (QED) is 0.824. The highest BCUT2D eigenvalue weighted by Crippen LogP contribution is 2.31. The van der Waals surface area contributed by atoms with Crippen LogP contribution >= 0.6 is 41.9 Å². The molecule has 2 heterocycles. The average molecular weight is 369 g/mol. The molecule has 2 aromatic rings. The maximum Gasteiger partial charge on any atom is 0.353 e. The third kappa shape index (κ3) is 1.89. The van der Waals surface area contributed by atoms with E-state index in [2.05, 4.69) is 4.98 Å². The topological polar surface area (TPSA) is 55.1 Å². The summed E-state index contributed by atoms with van der Waals surface area (Å²) in [5, 5.41) is 10.2. The summed E-state index contributed by atoms with van der Waals surface area (Å²) in [6, 6.07) is 3.26. The number of fused-ring (bicyclic) bond motifs is 1. The van der Waals surface area contributed by atoms with Crippen LogP contribution < -0.4 is 0 Å². The van der Waals surface area contributed by atoms with Gasteiger partial charge in [0.25, 0.3) is 0 Å². The van der Waals surface area contributed by atoms with Gasteiger partial charge in [-0.3, -0.25) is 3.97 Å². The Morgan fingerprint density at radius 1 is 1.62 bits per heavy atom. The van der Waals surface area contributed by atoms with Crippen LogP contribution in [-0.4, -0.2) is 20.0 Å².